The van der Waals surface area contributed by atoms with Crippen LogP contribution < -0.4 is 14.8 Å². The lowest BCUT2D eigenvalue weighted by Gasteiger charge is -2.11. The van der Waals surface area contributed by atoms with Gasteiger partial charge in [0.25, 0.3) is 5.91 Å². The number of nitrogens with one attached hydrogen (secondary N) is 2. The number of methoxy groups -OCH3 is 1. The molecule has 18 heavy (non-hydrogen) atoms. The van der Waals surface area contributed by atoms with Gasteiger partial charge in [0.15, 0.2) is 0 Å². The first-order valence-corrected chi connectivity index (χ1v) is 6.84. The lowest BCUT2D eigenvalue weighted by atomic mass is 10.2. The van der Waals surface area contributed by atoms with Gasteiger partial charge in [-0.25, -0.2) is 13.1 Å². The highest BCUT2D eigenvalue weighted by molar-refractivity contribution is 7.89. The Balaban J connectivity index is 3.35. The molecule has 1 aromatic rings. The number of rotatable bonds is 5. The molecule has 6 nitrogen and oxygen atoms in total. The fourth-order valence-electron chi connectivity index (χ4n) is 1.44. The van der Waals surface area contributed by atoms with Gasteiger partial charge in [-0.15, -0.1) is 0 Å². The standard InChI is InChI=1S/C11H16N2O4S/c1-4-13-18(15,16)10-7-8(11(14)12-2)5-6-9(10)17-3/h5-7,13H,4H2,1-3H3,(H,12,14). The van der Waals surface area contributed by atoms with Gasteiger partial charge in [-0.05, 0) is 18.2 Å². The Bertz CT molecular complexity index is 540. The highest BCUT2D eigenvalue weighted by Gasteiger charge is 2.20. The van der Waals surface area contributed by atoms with Crippen molar-refractivity contribution >= 4 is 15.9 Å². The second-order valence-corrected chi connectivity index (χ2v) is 5.18. The molecule has 100 valence electrons. The van der Waals surface area contributed by atoms with Gasteiger partial charge in [-0.1, -0.05) is 6.92 Å². The van der Waals surface area contributed by atoms with E-state index >= 15 is 0 Å². The topological polar surface area (TPSA) is 84.5 Å². The third-order valence-corrected chi connectivity index (χ3v) is 3.84. The molecule has 0 atom stereocenters. The second-order valence-electron chi connectivity index (χ2n) is 3.45. The van der Waals surface area contributed by atoms with Gasteiger partial charge in [-0.2, -0.15) is 0 Å². The molecule has 0 aliphatic carbocycles. The summed E-state index contributed by atoms with van der Waals surface area (Å²) < 4.78 is 31.3. The summed E-state index contributed by atoms with van der Waals surface area (Å²) in [5, 5.41) is 2.43. The Hall–Kier alpha value is -1.60. The number of benzene rings is 1. The van der Waals surface area contributed by atoms with Gasteiger partial charge < -0.3 is 10.1 Å². The molecule has 0 aliphatic rings. The van der Waals surface area contributed by atoms with Crippen molar-refractivity contribution in [2.45, 2.75) is 11.8 Å². The molecule has 0 saturated heterocycles. The van der Waals surface area contributed by atoms with Gasteiger partial charge in [-0.3, -0.25) is 4.79 Å². The van der Waals surface area contributed by atoms with E-state index in [-0.39, 0.29) is 28.7 Å². The summed E-state index contributed by atoms with van der Waals surface area (Å²) in [5.74, 6) is -0.158. The molecule has 1 amide bonds. The van der Waals surface area contributed by atoms with Crippen molar-refractivity contribution in [1.82, 2.24) is 10.0 Å². The third-order valence-electron chi connectivity index (χ3n) is 2.28. The Morgan fingerprint density at radius 1 is 1.39 bits per heavy atom. The quantitative estimate of drug-likeness (QED) is 0.810. The zero-order valence-electron chi connectivity index (χ0n) is 10.5. The Morgan fingerprint density at radius 2 is 2.06 bits per heavy atom. The van der Waals surface area contributed by atoms with E-state index in [1.54, 1.807) is 6.92 Å². The summed E-state index contributed by atoms with van der Waals surface area (Å²) in [6, 6.07) is 4.24. The first-order chi connectivity index (χ1) is 8.46. The van der Waals surface area contributed by atoms with E-state index in [0.29, 0.717) is 0 Å². The number of amides is 1. The summed E-state index contributed by atoms with van der Waals surface area (Å²) in [6.07, 6.45) is 0. The van der Waals surface area contributed by atoms with E-state index in [9.17, 15) is 13.2 Å². The van der Waals surface area contributed by atoms with Gasteiger partial charge >= 0.3 is 0 Å². The molecule has 0 aromatic heterocycles. The van der Waals surface area contributed by atoms with E-state index in [1.807, 2.05) is 0 Å². The van der Waals surface area contributed by atoms with Crippen LogP contribution >= 0.6 is 0 Å². The molecule has 0 radical (unpaired) electrons. The van der Waals surface area contributed by atoms with Crippen LogP contribution in [0.1, 0.15) is 17.3 Å². The average molecular weight is 272 g/mol. The SMILES string of the molecule is CCNS(=O)(=O)c1cc(C(=O)NC)ccc1OC. The van der Waals surface area contributed by atoms with Crippen LogP contribution in [0.4, 0.5) is 0 Å². The molecule has 0 fully saturated rings. The van der Waals surface area contributed by atoms with Crippen molar-refractivity contribution in [2.75, 3.05) is 20.7 Å². The van der Waals surface area contributed by atoms with Crippen molar-refractivity contribution < 1.29 is 17.9 Å². The van der Waals surface area contributed by atoms with E-state index in [2.05, 4.69) is 10.0 Å². The smallest absolute Gasteiger partial charge is 0.251 e. The number of ether oxygens (including phenoxy) is 1. The van der Waals surface area contributed by atoms with Gasteiger partial charge in [0.2, 0.25) is 10.0 Å². The molecular formula is C11H16N2O4S. The number of sulfonamides is 1. The van der Waals surface area contributed by atoms with E-state index in [0.717, 1.165) is 0 Å². The van der Waals surface area contributed by atoms with Gasteiger partial charge in [0.05, 0.1) is 7.11 Å². The Kier molecular flexibility index (Phi) is 4.69. The minimum Gasteiger partial charge on any atom is -0.495 e. The van der Waals surface area contributed by atoms with Crippen LogP contribution in [0.2, 0.25) is 0 Å². The summed E-state index contributed by atoms with van der Waals surface area (Å²) in [6.45, 7) is 1.93. The second kappa shape index (κ2) is 5.83. The molecule has 0 saturated carbocycles. The maximum atomic E-state index is 12.0. The summed E-state index contributed by atoms with van der Waals surface area (Å²) in [7, 11) is -0.820. The molecule has 7 heteroatoms. The minimum absolute atomic E-state index is 0.0482. The zero-order valence-corrected chi connectivity index (χ0v) is 11.3. The fourth-order valence-corrected chi connectivity index (χ4v) is 2.67. The van der Waals surface area contributed by atoms with Crippen LogP contribution in [0.15, 0.2) is 23.1 Å². The zero-order chi connectivity index (χ0) is 13.8. The van der Waals surface area contributed by atoms with E-state index in [1.165, 1.54) is 32.4 Å². The maximum Gasteiger partial charge on any atom is 0.251 e. The normalized spacial score (nSPS) is 11.1. The molecule has 0 spiro atoms. The van der Waals surface area contributed by atoms with Crippen LogP contribution in [0, 0.1) is 0 Å². The molecule has 0 aliphatic heterocycles. The third kappa shape index (κ3) is 2.99. The van der Waals surface area contributed by atoms with Crippen molar-refractivity contribution in [3.05, 3.63) is 23.8 Å². The fraction of sp³-hybridized carbons (Fsp3) is 0.364. The summed E-state index contributed by atoms with van der Waals surface area (Å²) >= 11 is 0. The van der Waals surface area contributed by atoms with Crippen molar-refractivity contribution in [2.24, 2.45) is 0 Å². The first kappa shape index (κ1) is 14.5. The largest absolute Gasteiger partial charge is 0.495 e. The molecule has 1 rings (SSSR count). The van der Waals surface area contributed by atoms with Crippen LogP contribution in [0.5, 0.6) is 5.75 Å². The molecule has 0 bridgehead atoms. The molecule has 1 aromatic carbocycles. The van der Waals surface area contributed by atoms with Crippen molar-refractivity contribution in [3.63, 3.8) is 0 Å². The van der Waals surface area contributed by atoms with Crippen LogP contribution in [0.25, 0.3) is 0 Å². The van der Waals surface area contributed by atoms with Crippen LogP contribution in [-0.4, -0.2) is 35.0 Å². The van der Waals surface area contributed by atoms with Crippen molar-refractivity contribution in [3.8, 4) is 5.75 Å². The summed E-state index contributed by atoms with van der Waals surface area (Å²) in [5.41, 5.74) is 0.259. The highest BCUT2D eigenvalue weighted by Crippen LogP contribution is 2.24. The maximum absolute atomic E-state index is 12.0. The number of hydrogen-bond acceptors (Lipinski definition) is 4. The molecular weight excluding hydrogens is 256 g/mol. The lowest BCUT2D eigenvalue weighted by Crippen LogP contribution is -2.25. The number of hydrogen-bond donors (Lipinski definition) is 2. The summed E-state index contributed by atoms with van der Waals surface area (Å²) in [4.78, 5) is 11.4. The molecule has 0 unspecified atom stereocenters. The Labute approximate surface area is 106 Å². The van der Waals surface area contributed by atoms with Gasteiger partial charge in [0.1, 0.15) is 10.6 Å². The predicted molar refractivity (Wildman–Crippen MR) is 67.2 cm³/mol. The first-order valence-electron chi connectivity index (χ1n) is 5.36. The number of carbonyl (C=O) groups is 1. The van der Waals surface area contributed by atoms with Crippen LogP contribution in [-0.2, 0) is 10.0 Å². The minimum atomic E-state index is -3.67. The predicted octanol–water partition coefficient (Wildman–Crippen LogP) is 0.353. The van der Waals surface area contributed by atoms with Crippen molar-refractivity contribution in [1.29, 1.82) is 0 Å². The van der Waals surface area contributed by atoms with E-state index in [4.69, 9.17) is 4.74 Å². The number of carbonyl (C=O) groups excluding carboxylic acids is 1. The lowest BCUT2D eigenvalue weighted by molar-refractivity contribution is 0.0963. The Morgan fingerprint density at radius 3 is 2.56 bits per heavy atom. The highest BCUT2D eigenvalue weighted by atomic mass is 32.2. The molecule has 2 N–H and O–H groups in total. The molecule has 0 heterocycles. The van der Waals surface area contributed by atoms with Crippen LogP contribution in [0.3, 0.4) is 0 Å². The van der Waals surface area contributed by atoms with Gasteiger partial charge in [0, 0.05) is 19.2 Å². The average Bonchev–Trinajstić information content (AvgIpc) is 2.37. The van der Waals surface area contributed by atoms with E-state index < -0.39 is 10.0 Å². The monoisotopic (exact) mass is 272 g/mol.